The van der Waals surface area contributed by atoms with E-state index in [1.165, 1.54) is 13.2 Å². The number of Topliss-reactive ketones (excluding diaryl/α,β-unsaturated/α-hetero) is 1. The highest BCUT2D eigenvalue weighted by Gasteiger charge is 2.44. The quantitative estimate of drug-likeness (QED) is 0.795. The lowest BCUT2D eigenvalue weighted by molar-refractivity contribution is 0.0508. The Bertz CT molecular complexity index is 520. The number of benzene rings is 1. The minimum Gasteiger partial charge on any atom is -0.494 e. The lowest BCUT2D eigenvalue weighted by Gasteiger charge is -2.43. The van der Waals surface area contributed by atoms with Crippen molar-refractivity contribution in [3.05, 3.63) is 29.6 Å². The third kappa shape index (κ3) is 2.82. The van der Waals surface area contributed by atoms with Crippen LogP contribution >= 0.6 is 0 Å². The van der Waals surface area contributed by atoms with Gasteiger partial charge in [0.25, 0.3) is 0 Å². The fourth-order valence-electron chi connectivity index (χ4n) is 3.21. The molecule has 0 aromatic heterocycles. The molecule has 0 amide bonds. The predicted octanol–water partition coefficient (Wildman–Crippen LogP) is 3.53. The first-order chi connectivity index (χ1) is 9.92. The average molecular weight is 293 g/mol. The van der Waals surface area contributed by atoms with Crippen LogP contribution in [0.1, 0.15) is 43.0 Å². The number of hydrogen-bond donors (Lipinski definition) is 0. The Kier molecular flexibility index (Phi) is 4.67. The van der Waals surface area contributed by atoms with Crippen LogP contribution in [0.25, 0.3) is 0 Å². The van der Waals surface area contributed by atoms with Crippen molar-refractivity contribution in [3.8, 4) is 5.75 Å². The van der Waals surface area contributed by atoms with Gasteiger partial charge in [-0.05, 0) is 57.8 Å². The molecule has 1 aliphatic carbocycles. The van der Waals surface area contributed by atoms with Crippen LogP contribution in [0.3, 0.4) is 0 Å². The fourth-order valence-corrected chi connectivity index (χ4v) is 3.21. The molecule has 2 rings (SSSR count). The topological polar surface area (TPSA) is 29.5 Å². The summed E-state index contributed by atoms with van der Waals surface area (Å²) in [5, 5.41) is 0. The molecule has 1 aromatic rings. The van der Waals surface area contributed by atoms with E-state index in [2.05, 4.69) is 6.92 Å². The van der Waals surface area contributed by atoms with Crippen molar-refractivity contribution in [2.24, 2.45) is 5.92 Å². The van der Waals surface area contributed by atoms with Crippen LogP contribution in [-0.2, 0) is 0 Å². The summed E-state index contributed by atoms with van der Waals surface area (Å²) < 4.78 is 19.4. The Hall–Kier alpha value is -1.42. The van der Waals surface area contributed by atoms with E-state index < -0.39 is 11.4 Å². The smallest absolute Gasteiger partial charge is 0.186 e. The van der Waals surface area contributed by atoms with Gasteiger partial charge in [0.2, 0.25) is 0 Å². The van der Waals surface area contributed by atoms with E-state index in [-0.39, 0.29) is 17.1 Å². The summed E-state index contributed by atoms with van der Waals surface area (Å²) >= 11 is 0. The molecular weight excluding hydrogens is 269 g/mol. The van der Waals surface area contributed by atoms with Crippen LogP contribution in [0, 0.1) is 11.7 Å². The van der Waals surface area contributed by atoms with E-state index in [4.69, 9.17) is 4.74 Å². The minimum absolute atomic E-state index is 0.124. The molecule has 0 saturated heterocycles. The van der Waals surface area contributed by atoms with Crippen LogP contribution in [0.2, 0.25) is 0 Å². The molecule has 0 unspecified atom stereocenters. The van der Waals surface area contributed by atoms with Crippen molar-refractivity contribution in [2.45, 2.75) is 38.1 Å². The van der Waals surface area contributed by atoms with E-state index in [1.807, 2.05) is 19.0 Å². The Balaban J connectivity index is 2.40. The number of methoxy groups -OCH3 is 1. The van der Waals surface area contributed by atoms with Gasteiger partial charge in [-0.25, -0.2) is 4.39 Å². The number of hydrogen-bond acceptors (Lipinski definition) is 3. The van der Waals surface area contributed by atoms with Crippen LogP contribution in [-0.4, -0.2) is 37.4 Å². The number of ether oxygens (including phenoxy) is 1. The molecule has 4 heteroatoms. The van der Waals surface area contributed by atoms with E-state index in [0.29, 0.717) is 5.92 Å². The van der Waals surface area contributed by atoms with Crippen molar-refractivity contribution < 1.29 is 13.9 Å². The van der Waals surface area contributed by atoms with Gasteiger partial charge in [0.05, 0.1) is 18.2 Å². The summed E-state index contributed by atoms with van der Waals surface area (Å²) in [6.07, 6.45) is 3.54. The Labute approximate surface area is 126 Å². The largest absolute Gasteiger partial charge is 0.494 e. The number of carbonyl (C=O) groups is 1. The van der Waals surface area contributed by atoms with Crippen LogP contribution in [0.5, 0.6) is 5.75 Å². The molecule has 3 nitrogen and oxygen atoms in total. The van der Waals surface area contributed by atoms with Gasteiger partial charge in [-0.15, -0.1) is 0 Å². The molecule has 0 spiro atoms. The third-order valence-electron chi connectivity index (χ3n) is 4.81. The summed E-state index contributed by atoms with van der Waals surface area (Å²) in [4.78, 5) is 15.0. The monoisotopic (exact) mass is 293 g/mol. The Morgan fingerprint density at radius 1 is 1.33 bits per heavy atom. The van der Waals surface area contributed by atoms with Gasteiger partial charge in [0.15, 0.2) is 17.3 Å². The number of nitrogens with zero attached hydrogens (tertiary/aromatic N) is 1. The molecule has 0 atom stereocenters. The molecule has 0 radical (unpaired) electrons. The van der Waals surface area contributed by atoms with Crippen molar-refractivity contribution >= 4 is 5.78 Å². The van der Waals surface area contributed by atoms with E-state index >= 15 is 0 Å². The molecule has 21 heavy (non-hydrogen) atoms. The van der Waals surface area contributed by atoms with Gasteiger partial charge in [-0.2, -0.15) is 0 Å². The van der Waals surface area contributed by atoms with Gasteiger partial charge in [-0.1, -0.05) is 13.0 Å². The molecule has 116 valence electrons. The molecule has 1 saturated carbocycles. The number of likely N-dealkylation sites (N-methyl/N-ethyl adjacent to an activating group) is 1. The SMILES string of the molecule is COc1cccc(C(=O)C2(N(C)C)CCC(C)CC2)c1F. The van der Waals surface area contributed by atoms with Crippen LogP contribution < -0.4 is 4.74 Å². The normalized spacial score (nSPS) is 25.9. The summed E-state index contributed by atoms with van der Waals surface area (Å²) in [6, 6.07) is 4.77. The first-order valence-electron chi connectivity index (χ1n) is 7.47. The highest BCUT2D eigenvalue weighted by molar-refractivity contribution is 6.03. The summed E-state index contributed by atoms with van der Waals surface area (Å²) in [7, 11) is 5.23. The summed E-state index contributed by atoms with van der Waals surface area (Å²) in [5.41, 5.74) is -0.461. The van der Waals surface area contributed by atoms with E-state index in [9.17, 15) is 9.18 Å². The van der Waals surface area contributed by atoms with Crippen molar-refractivity contribution in [1.29, 1.82) is 0 Å². The maximum atomic E-state index is 14.4. The zero-order chi connectivity index (χ0) is 15.6. The Morgan fingerprint density at radius 3 is 2.48 bits per heavy atom. The van der Waals surface area contributed by atoms with E-state index in [0.717, 1.165) is 25.7 Å². The van der Waals surface area contributed by atoms with Crippen molar-refractivity contribution in [1.82, 2.24) is 4.90 Å². The predicted molar refractivity (Wildman–Crippen MR) is 81.3 cm³/mol. The fraction of sp³-hybridized carbons (Fsp3) is 0.588. The first-order valence-corrected chi connectivity index (χ1v) is 7.47. The average Bonchev–Trinajstić information content (AvgIpc) is 2.47. The van der Waals surface area contributed by atoms with Gasteiger partial charge in [0.1, 0.15) is 0 Å². The maximum absolute atomic E-state index is 14.4. The minimum atomic E-state index is -0.598. The lowest BCUT2D eigenvalue weighted by atomic mass is 9.72. The standard InChI is InChI=1S/C17H24FNO2/c1-12-8-10-17(11-9-12,19(2)3)16(20)13-6-5-7-14(21-4)15(13)18/h5-7,12H,8-11H2,1-4H3. The van der Waals surface area contributed by atoms with Crippen LogP contribution in [0.15, 0.2) is 18.2 Å². The first kappa shape index (κ1) is 16.0. The molecule has 1 aromatic carbocycles. The molecule has 0 heterocycles. The second-order valence-corrected chi connectivity index (χ2v) is 6.26. The molecular formula is C17H24FNO2. The number of rotatable bonds is 4. The summed E-state index contributed by atoms with van der Waals surface area (Å²) in [6.45, 7) is 2.20. The summed E-state index contributed by atoms with van der Waals surface area (Å²) in [5.74, 6) is 0.0700. The third-order valence-corrected chi connectivity index (χ3v) is 4.81. The number of halogens is 1. The zero-order valence-electron chi connectivity index (χ0n) is 13.3. The number of carbonyl (C=O) groups excluding carboxylic acids is 1. The molecule has 1 aliphatic rings. The van der Waals surface area contributed by atoms with Gasteiger partial charge < -0.3 is 4.74 Å². The second-order valence-electron chi connectivity index (χ2n) is 6.26. The van der Waals surface area contributed by atoms with Gasteiger partial charge >= 0.3 is 0 Å². The molecule has 0 bridgehead atoms. The Morgan fingerprint density at radius 2 is 1.95 bits per heavy atom. The second kappa shape index (κ2) is 6.14. The van der Waals surface area contributed by atoms with Gasteiger partial charge in [0, 0.05) is 0 Å². The highest BCUT2D eigenvalue weighted by Crippen LogP contribution is 2.38. The molecule has 0 aliphatic heterocycles. The van der Waals surface area contributed by atoms with Crippen molar-refractivity contribution in [3.63, 3.8) is 0 Å². The van der Waals surface area contributed by atoms with Crippen molar-refractivity contribution in [2.75, 3.05) is 21.2 Å². The highest BCUT2D eigenvalue weighted by atomic mass is 19.1. The maximum Gasteiger partial charge on any atom is 0.186 e. The van der Waals surface area contributed by atoms with E-state index in [1.54, 1.807) is 12.1 Å². The van der Waals surface area contributed by atoms with Gasteiger partial charge in [-0.3, -0.25) is 9.69 Å². The lowest BCUT2D eigenvalue weighted by Crippen LogP contribution is -2.53. The number of ketones is 1. The zero-order valence-corrected chi connectivity index (χ0v) is 13.3. The molecule has 0 N–H and O–H groups in total. The molecule has 1 fully saturated rings. The van der Waals surface area contributed by atoms with Crippen LogP contribution in [0.4, 0.5) is 4.39 Å².